The summed E-state index contributed by atoms with van der Waals surface area (Å²) in [6.07, 6.45) is 3.68. The van der Waals surface area contributed by atoms with Gasteiger partial charge in [-0.15, -0.1) is 10.2 Å². The second-order valence-electron chi connectivity index (χ2n) is 3.20. The molecule has 2 aromatic rings. The lowest BCUT2D eigenvalue weighted by Gasteiger charge is -1.98. The first kappa shape index (κ1) is 9.57. The first-order valence-electron chi connectivity index (χ1n) is 4.54. The number of aryl methyl sites for hydroxylation is 2. The van der Waals surface area contributed by atoms with Crippen LogP contribution < -0.4 is 0 Å². The van der Waals surface area contributed by atoms with Crippen LogP contribution in [0, 0.1) is 13.8 Å². The quantitative estimate of drug-likeness (QED) is 0.695. The smallest absolute Gasteiger partial charge is 0.158 e. The van der Waals surface area contributed by atoms with Gasteiger partial charge in [-0.2, -0.15) is 10.2 Å². The Morgan fingerprint density at radius 1 is 0.867 bits per heavy atom. The topological polar surface area (TPSA) is 77.3 Å². The van der Waals surface area contributed by atoms with Crippen LogP contribution in [0.5, 0.6) is 0 Å². The number of nitrogens with zero attached hydrogens (tertiary/aromatic N) is 6. The summed E-state index contributed by atoms with van der Waals surface area (Å²) in [5, 5.41) is 15.4. The second-order valence-corrected chi connectivity index (χ2v) is 3.20. The van der Waals surface area contributed by atoms with E-state index in [1.807, 2.05) is 13.8 Å². The van der Waals surface area contributed by atoms with Gasteiger partial charge in [-0.3, -0.25) is 0 Å². The molecule has 6 heteroatoms. The fourth-order valence-corrected chi connectivity index (χ4v) is 1.16. The lowest BCUT2D eigenvalue weighted by atomic mass is 10.3. The van der Waals surface area contributed by atoms with Crippen LogP contribution in [0.4, 0.5) is 0 Å². The van der Waals surface area contributed by atoms with E-state index in [2.05, 4.69) is 30.4 Å². The molecule has 0 fully saturated rings. The summed E-state index contributed by atoms with van der Waals surface area (Å²) in [4.78, 5) is 8.43. The van der Waals surface area contributed by atoms with E-state index in [0.29, 0.717) is 18.1 Å². The third-order valence-electron chi connectivity index (χ3n) is 1.76. The maximum atomic E-state index is 4.22. The van der Waals surface area contributed by atoms with Crippen LogP contribution in [0.2, 0.25) is 0 Å². The zero-order valence-corrected chi connectivity index (χ0v) is 8.55. The van der Waals surface area contributed by atoms with E-state index >= 15 is 0 Å². The Labute approximate surface area is 86.8 Å². The fourth-order valence-electron chi connectivity index (χ4n) is 1.16. The Bertz CT molecular complexity index is 426. The molecule has 6 nitrogen and oxygen atoms in total. The Hall–Kier alpha value is -1.98. The molecule has 2 rings (SSSR count). The molecule has 0 spiro atoms. The minimum Gasteiger partial charge on any atom is -0.234 e. The van der Waals surface area contributed by atoms with Crippen LogP contribution in [0.15, 0.2) is 12.4 Å². The minimum absolute atomic E-state index is 0.462. The van der Waals surface area contributed by atoms with Crippen molar-refractivity contribution >= 4 is 0 Å². The predicted molar refractivity (Wildman–Crippen MR) is 51.9 cm³/mol. The normalized spacial score (nSPS) is 10.3. The summed E-state index contributed by atoms with van der Waals surface area (Å²) in [6.45, 7) is 3.74. The van der Waals surface area contributed by atoms with Gasteiger partial charge in [0.2, 0.25) is 0 Å². The summed E-state index contributed by atoms with van der Waals surface area (Å²) in [5.41, 5.74) is 1.67. The van der Waals surface area contributed by atoms with Gasteiger partial charge in [0.15, 0.2) is 11.6 Å². The molecule has 0 aliphatic carbocycles. The van der Waals surface area contributed by atoms with Crippen LogP contribution in [-0.4, -0.2) is 30.4 Å². The van der Waals surface area contributed by atoms with Gasteiger partial charge < -0.3 is 0 Å². The van der Waals surface area contributed by atoms with Crippen molar-refractivity contribution in [3.63, 3.8) is 0 Å². The zero-order valence-electron chi connectivity index (χ0n) is 8.55. The maximum Gasteiger partial charge on any atom is 0.158 e. The van der Waals surface area contributed by atoms with Gasteiger partial charge in [-0.25, -0.2) is 9.97 Å². The largest absolute Gasteiger partial charge is 0.234 e. The van der Waals surface area contributed by atoms with Crippen molar-refractivity contribution < 1.29 is 0 Å². The van der Waals surface area contributed by atoms with Crippen LogP contribution in [0.1, 0.15) is 23.0 Å². The van der Waals surface area contributed by atoms with E-state index in [-0.39, 0.29) is 0 Å². The van der Waals surface area contributed by atoms with Crippen LogP contribution in [0.3, 0.4) is 0 Å². The summed E-state index contributed by atoms with van der Waals surface area (Å²) in [6, 6.07) is 0. The van der Waals surface area contributed by atoms with Crippen molar-refractivity contribution in [1.82, 2.24) is 30.4 Å². The molecule has 2 heterocycles. The number of hydrogen-bond donors (Lipinski definition) is 0. The van der Waals surface area contributed by atoms with Gasteiger partial charge in [0.25, 0.3) is 0 Å². The lowest BCUT2D eigenvalue weighted by molar-refractivity contribution is 0.779. The van der Waals surface area contributed by atoms with Gasteiger partial charge in [0.05, 0.1) is 30.2 Å². The van der Waals surface area contributed by atoms with Crippen LogP contribution in [-0.2, 0) is 6.42 Å². The molecule has 0 radical (unpaired) electrons. The molecule has 0 unspecified atom stereocenters. The third-order valence-corrected chi connectivity index (χ3v) is 1.76. The van der Waals surface area contributed by atoms with Crippen molar-refractivity contribution in [2.45, 2.75) is 20.3 Å². The summed E-state index contributed by atoms with van der Waals surface area (Å²) in [7, 11) is 0. The van der Waals surface area contributed by atoms with E-state index in [1.165, 1.54) is 0 Å². The number of hydrogen-bond acceptors (Lipinski definition) is 6. The molecule has 0 bridgehead atoms. The first-order valence-corrected chi connectivity index (χ1v) is 4.54. The zero-order chi connectivity index (χ0) is 10.7. The summed E-state index contributed by atoms with van der Waals surface area (Å²) in [5.74, 6) is 1.23. The first-order chi connectivity index (χ1) is 7.24. The highest BCUT2D eigenvalue weighted by atomic mass is 15.2. The standard InChI is InChI=1S/C9H10N6/c1-6-4-10-14-8(12-6)3-9-13-7(2)5-11-15-9/h4-5H,3H2,1-2H3. The Kier molecular flexibility index (Phi) is 2.57. The molecular weight excluding hydrogens is 192 g/mol. The maximum absolute atomic E-state index is 4.22. The van der Waals surface area contributed by atoms with E-state index < -0.39 is 0 Å². The van der Waals surface area contributed by atoms with E-state index in [1.54, 1.807) is 12.4 Å². The van der Waals surface area contributed by atoms with Gasteiger partial charge >= 0.3 is 0 Å². The molecule has 0 N–H and O–H groups in total. The summed E-state index contributed by atoms with van der Waals surface area (Å²) >= 11 is 0. The average Bonchev–Trinajstić information content (AvgIpc) is 2.17. The van der Waals surface area contributed by atoms with Crippen molar-refractivity contribution in [3.05, 3.63) is 35.4 Å². The highest BCUT2D eigenvalue weighted by Crippen LogP contribution is 1.98. The molecule has 0 saturated heterocycles. The minimum atomic E-state index is 0.462. The van der Waals surface area contributed by atoms with Crippen molar-refractivity contribution in [3.8, 4) is 0 Å². The molecule has 15 heavy (non-hydrogen) atoms. The van der Waals surface area contributed by atoms with Gasteiger partial charge in [0.1, 0.15) is 0 Å². The Morgan fingerprint density at radius 3 is 1.73 bits per heavy atom. The SMILES string of the molecule is Cc1cnnc(Cc2nncc(C)n2)n1. The molecule has 0 aromatic carbocycles. The molecule has 76 valence electrons. The van der Waals surface area contributed by atoms with Crippen molar-refractivity contribution in [2.24, 2.45) is 0 Å². The highest BCUT2D eigenvalue weighted by molar-refractivity contribution is 5.02. The molecule has 0 aliphatic heterocycles. The van der Waals surface area contributed by atoms with Crippen molar-refractivity contribution in [1.29, 1.82) is 0 Å². The van der Waals surface area contributed by atoms with E-state index in [0.717, 1.165) is 11.4 Å². The lowest BCUT2D eigenvalue weighted by Crippen LogP contribution is -2.05. The molecular formula is C9H10N6. The van der Waals surface area contributed by atoms with E-state index in [9.17, 15) is 0 Å². The Morgan fingerprint density at radius 2 is 1.33 bits per heavy atom. The number of aromatic nitrogens is 6. The second kappa shape index (κ2) is 4.04. The number of rotatable bonds is 2. The van der Waals surface area contributed by atoms with E-state index in [4.69, 9.17) is 0 Å². The molecule has 2 aromatic heterocycles. The Balaban J connectivity index is 2.22. The fraction of sp³-hybridized carbons (Fsp3) is 0.333. The van der Waals surface area contributed by atoms with Crippen molar-refractivity contribution in [2.75, 3.05) is 0 Å². The average molecular weight is 202 g/mol. The third kappa shape index (κ3) is 2.49. The van der Waals surface area contributed by atoms with Crippen LogP contribution in [0.25, 0.3) is 0 Å². The summed E-state index contributed by atoms with van der Waals surface area (Å²) < 4.78 is 0. The molecule has 0 aliphatic rings. The van der Waals surface area contributed by atoms with Gasteiger partial charge in [-0.1, -0.05) is 0 Å². The van der Waals surface area contributed by atoms with Gasteiger partial charge in [0, 0.05) is 0 Å². The monoisotopic (exact) mass is 202 g/mol. The van der Waals surface area contributed by atoms with Gasteiger partial charge in [-0.05, 0) is 13.8 Å². The van der Waals surface area contributed by atoms with Crippen LogP contribution >= 0.6 is 0 Å². The highest BCUT2D eigenvalue weighted by Gasteiger charge is 2.03. The molecule has 0 saturated carbocycles. The molecule has 0 amide bonds. The molecule has 0 atom stereocenters. The predicted octanol–water partition coefficient (Wildman–Crippen LogP) is 0.264.